The van der Waals surface area contributed by atoms with Crippen LogP contribution in [-0.4, -0.2) is 17.7 Å². The van der Waals surface area contributed by atoms with E-state index in [0.29, 0.717) is 17.9 Å². The molecule has 5 heteroatoms. The van der Waals surface area contributed by atoms with E-state index in [1.807, 2.05) is 55.4 Å². The van der Waals surface area contributed by atoms with E-state index in [-0.39, 0.29) is 12.8 Å². The van der Waals surface area contributed by atoms with Crippen LogP contribution < -0.4 is 15.4 Å². The average molecular weight is 330 g/mol. The SMILES string of the molecule is CB(NC(=O)c1ccc(OCc2ccccn2)cc1)c1ccccc1. The van der Waals surface area contributed by atoms with E-state index in [4.69, 9.17) is 4.74 Å². The maximum absolute atomic E-state index is 12.4. The van der Waals surface area contributed by atoms with Crippen molar-refractivity contribution in [3.63, 3.8) is 0 Å². The number of hydrogen-bond acceptors (Lipinski definition) is 3. The third-order valence-electron chi connectivity index (χ3n) is 3.88. The van der Waals surface area contributed by atoms with Crippen molar-refractivity contribution in [2.75, 3.05) is 0 Å². The third-order valence-corrected chi connectivity index (χ3v) is 3.88. The van der Waals surface area contributed by atoms with E-state index in [2.05, 4.69) is 10.2 Å². The molecule has 0 aliphatic carbocycles. The molecule has 0 fully saturated rings. The molecule has 0 spiro atoms. The van der Waals surface area contributed by atoms with Crippen LogP contribution >= 0.6 is 0 Å². The second kappa shape index (κ2) is 8.15. The van der Waals surface area contributed by atoms with Crippen LogP contribution in [0, 0.1) is 0 Å². The molecule has 3 rings (SSSR count). The Kier molecular flexibility index (Phi) is 5.47. The lowest BCUT2D eigenvalue weighted by atomic mass is 9.58. The molecule has 0 radical (unpaired) electrons. The Bertz CT molecular complexity index is 808. The highest BCUT2D eigenvalue weighted by Crippen LogP contribution is 2.13. The normalized spacial score (nSPS) is 10.1. The van der Waals surface area contributed by atoms with Gasteiger partial charge in [-0.25, -0.2) is 0 Å². The van der Waals surface area contributed by atoms with Crippen molar-refractivity contribution in [3.05, 3.63) is 90.3 Å². The summed E-state index contributed by atoms with van der Waals surface area (Å²) in [7, 11) is 0. The molecule has 124 valence electrons. The van der Waals surface area contributed by atoms with Gasteiger partial charge in [-0.1, -0.05) is 48.7 Å². The second-order valence-electron chi connectivity index (χ2n) is 5.74. The van der Waals surface area contributed by atoms with Gasteiger partial charge in [0, 0.05) is 11.8 Å². The van der Waals surface area contributed by atoms with E-state index < -0.39 is 0 Å². The minimum atomic E-state index is -0.104. The Morgan fingerprint density at radius 1 is 1.00 bits per heavy atom. The molecule has 0 saturated carbocycles. The number of benzene rings is 2. The summed E-state index contributed by atoms with van der Waals surface area (Å²) < 4.78 is 5.68. The lowest BCUT2D eigenvalue weighted by molar-refractivity contribution is 0.0979. The number of carbonyl (C=O) groups excluding carboxylic acids is 1. The van der Waals surface area contributed by atoms with Gasteiger partial charge in [0.15, 0.2) is 0 Å². The summed E-state index contributed by atoms with van der Waals surface area (Å²) in [4.78, 5) is 16.6. The number of nitrogens with one attached hydrogen (secondary N) is 1. The van der Waals surface area contributed by atoms with E-state index in [9.17, 15) is 4.79 Å². The summed E-state index contributed by atoms with van der Waals surface area (Å²) in [5.41, 5.74) is 2.54. The number of rotatable bonds is 6. The summed E-state index contributed by atoms with van der Waals surface area (Å²) in [5, 5.41) is 3.00. The van der Waals surface area contributed by atoms with Crippen LogP contribution in [0.15, 0.2) is 79.0 Å². The fraction of sp³-hybridized carbons (Fsp3) is 0.100. The highest BCUT2D eigenvalue weighted by Gasteiger charge is 2.15. The van der Waals surface area contributed by atoms with Crippen LogP contribution in [0.5, 0.6) is 5.75 Å². The van der Waals surface area contributed by atoms with Gasteiger partial charge in [0.2, 0.25) is 5.91 Å². The van der Waals surface area contributed by atoms with Crippen molar-refractivity contribution in [2.45, 2.75) is 13.4 Å². The maximum atomic E-state index is 12.4. The number of aromatic nitrogens is 1. The molecule has 3 aromatic rings. The number of hydrogen-bond donors (Lipinski definition) is 1. The van der Waals surface area contributed by atoms with Gasteiger partial charge in [-0.3, -0.25) is 9.78 Å². The smallest absolute Gasteiger partial charge is 0.285 e. The molecule has 0 saturated heterocycles. The molecule has 25 heavy (non-hydrogen) atoms. The number of pyridine rings is 1. The monoisotopic (exact) mass is 330 g/mol. The van der Waals surface area contributed by atoms with Gasteiger partial charge in [0.05, 0.1) is 5.69 Å². The first kappa shape index (κ1) is 16.8. The first-order valence-electron chi connectivity index (χ1n) is 8.21. The molecule has 0 aliphatic heterocycles. The first-order chi connectivity index (χ1) is 12.2. The summed E-state index contributed by atoms with van der Waals surface area (Å²) in [6, 6.07) is 22.7. The highest BCUT2D eigenvalue weighted by molar-refractivity contribution is 6.72. The highest BCUT2D eigenvalue weighted by atomic mass is 16.5. The molecule has 0 aliphatic rings. The zero-order valence-electron chi connectivity index (χ0n) is 14.1. The fourth-order valence-electron chi connectivity index (χ4n) is 2.45. The molecule has 2 aromatic carbocycles. The molecule has 0 unspecified atom stereocenters. The van der Waals surface area contributed by atoms with Crippen molar-refractivity contribution in [2.24, 2.45) is 0 Å². The van der Waals surface area contributed by atoms with Crippen molar-refractivity contribution in [1.29, 1.82) is 0 Å². The number of amides is 1. The van der Waals surface area contributed by atoms with Crippen LogP contribution in [0.4, 0.5) is 0 Å². The van der Waals surface area contributed by atoms with Crippen molar-refractivity contribution < 1.29 is 9.53 Å². The van der Waals surface area contributed by atoms with Crippen molar-refractivity contribution in [1.82, 2.24) is 10.2 Å². The molecule has 4 nitrogen and oxygen atoms in total. The molecule has 1 aromatic heterocycles. The Hall–Kier alpha value is -3.08. The minimum Gasteiger partial charge on any atom is -0.487 e. The minimum absolute atomic E-state index is 0.0474. The van der Waals surface area contributed by atoms with E-state index in [0.717, 1.165) is 11.2 Å². The number of ether oxygens (including phenoxy) is 1. The van der Waals surface area contributed by atoms with Gasteiger partial charge in [0.25, 0.3) is 6.85 Å². The van der Waals surface area contributed by atoms with Crippen molar-refractivity contribution in [3.8, 4) is 5.75 Å². The molecular formula is C20H19BN2O2. The predicted octanol–water partition coefficient (Wildman–Crippen LogP) is 2.92. The number of nitrogens with zero attached hydrogens (tertiary/aromatic N) is 1. The molecule has 1 heterocycles. The molecule has 1 amide bonds. The van der Waals surface area contributed by atoms with Crippen LogP contribution in [-0.2, 0) is 6.61 Å². The molecule has 0 atom stereocenters. The van der Waals surface area contributed by atoms with E-state index >= 15 is 0 Å². The Labute approximate surface area is 148 Å². The first-order valence-corrected chi connectivity index (χ1v) is 8.21. The average Bonchev–Trinajstić information content (AvgIpc) is 2.68. The van der Waals surface area contributed by atoms with Crippen LogP contribution in [0.2, 0.25) is 6.82 Å². The van der Waals surface area contributed by atoms with Crippen LogP contribution in [0.1, 0.15) is 16.1 Å². The zero-order chi connectivity index (χ0) is 17.5. The quantitative estimate of drug-likeness (QED) is 0.707. The zero-order valence-corrected chi connectivity index (χ0v) is 14.1. The Balaban J connectivity index is 1.57. The molecule has 0 bridgehead atoms. The van der Waals surface area contributed by atoms with Gasteiger partial charge in [-0.05, 0) is 36.4 Å². The predicted molar refractivity (Wildman–Crippen MR) is 100 cm³/mol. The van der Waals surface area contributed by atoms with Crippen LogP contribution in [0.3, 0.4) is 0 Å². The molecule has 1 N–H and O–H groups in total. The number of carbonyl (C=O) groups is 1. The van der Waals surface area contributed by atoms with Crippen LogP contribution in [0.25, 0.3) is 0 Å². The Morgan fingerprint density at radius 2 is 1.72 bits per heavy atom. The van der Waals surface area contributed by atoms with Crippen molar-refractivity contribution >= 4 is 18.2 Å². The summed E-state index contributed by atoms with van der Waals surface area (Å²) in [6.45, 7) is 2.32. The van der Waals surface area contributed by atoms with Gasteiger partial charge in [-0.15, -0.1) is 0 Å². The summed E-state index contributed by atoms with van der Waals surface area (Å²) in [5.74, 6) is 0.603. The standard InChI is InChI=1S/C20H19BN2O2/c1-21(17-7-3-2-4-8-17)23-20(24)16-10-12-19(13-11-16)25-15-18-9-5-6-14-22-18/h2-14H,15H2,1H3,(H,23,24). The fourth-order valence-corrected chi connectivity index (χ4v) is 2.45. The summed E-state index contributed by atoms with van der Waals surface area (Å²) in [6.07, 6.45) is 1.74. The topological polar surface area (TPSA) is 51.2 Å². The van der Waals surface area contributed by atoms with E-state index in [1.54, 1.807) is 30.5 Å². The van der Waals surface area contributed by atoms with Gasteiger partial charge >= 0.3 is 0 Å². The molecular weight excluding hydrogens is 311 g/mol. The van der Waals surface area contributed by atoms with Gasteiger partial charge < -0.3 is 9.96 Å². The second-order valence-corrected chi connectivity index (χ2v) is 5.74. The third kappa shape index (κ3) is 4.70. The lowest BCUT2D eigenvalue weighted by Crippen LogP contribution is -2.45. The van der Waals surface area contributed by atoms with Gasteiger partial charge in [-0.2, -0.15) is 0 Å². The lowest BCUT2D eigenvalue weighted by Gasteiger charge is -2.11. The summed E-state index contributed by atoms with van der Waals surface area (Å²) >= 11 is 0. The van der Waals surface area contributed by atoms with E-state index in [1.165, 1.54) is 0 Å². The maximum Gasteiger partial charge on any atom is 0.285 e. The van der Waals surface area contributed by atoms with Gasteiger partial charge in [0.1, 0.15) is 12.4 Å². The largest absolute Gasteiger partial charge is 0.487 e. The Morgan fingerprint density at radius 3 is 2.40 bits per heavy atom.